The summed E-state index contributed by atoms with van der Waals surface area (Å²) >= 11 is 3.46. The molecule has 0 aliphatic rings. The summed E-state index contributed by atoms with van der Waals surface area (Å²) in [5.41, 5.74) is 4.87. The van der Waals surface area contributed by atoms with Gasteiger partial charge in [-0.3, -0.25) is 10.5 Å². The molecule has 2 aromatic rings. The van der Waals surface area contributed by atoms with Gasteiger partial charge < -0.3 is 0 Å². The Bertz CT molecular complexity index is 609. The van der Waals surface area contributed by atoms with Gasteiger partial charge in [0.2, 0.25) is 0 Å². The highest BCUT2D eigenvalue weighted by Gasteiger charge is 2.24. The molecule has 3 N–H and O–H groups in total. The molecule has 2 rings (SSSR count). The van der Waals surface area contributed by atoms with Crippen LogP contribution in [-0.2, 0) is 0 Å². The maximum absolute atomic E-state index is 14.2. The number of aromatic nitrogens is 2. The van der Waals surface area contributed by atoms with E-state index < -0.39 is 6.04 Å². The van der Waals surface area contributed by atoms with Crippen LogP contribution in [0, 0.1) is 12.7 Å². The summed E-state index contributed by atoms with van der Waals surface area (Å²) < 4.78 is 16.8. The molecule has 20 heavy (non-hydrogen) atoms. The SMILES string of the molecule is Cc1ccc(C(NN)c2c(Br)cnn2C(C)C)c(F)c1. The largest absolute Gasteiger partial charge is 0.271 e. The zero-order valence-electron chi connectivity index (χ0n) is 11.7. The molecule has 0 saturated heterocycles. The van der Waals surface area contributed by atoms with Gasteiger partial charge in [-0.25, -0.2) is 9.82 Å². The monoisotopic (exact) mass is 340 g/mol. The molecule has 0 spiro atoms. The zero-order chi connectivity index (χ0) is 14.9. The summed E-state index contributed by atoms with van der Waals surface area (Å²) in [6.07, 6.45) is 1.70. The van der Waals surface area contributed by atoms with Gasteiger partial charge in [0, 0.05) is 11.6 Å². The molecule has 0 fully saturated rings. The number of hydrogen-bond donors (Lipinski definition) is 2. The molecule has 0 radical (unpaired) electrons. The first-order chi connectivity index (χ1) is 9.45. The summed E-state index contributed by atoms with van der Waals surface area (Å²) in [5.74, 6) is 5.38. The van der Waals surface area contributed by atoms with E-state index in [-0.39, 0.29) is 11.9 Å². The maximum Gasteiger partial charge on any atom is 0.128 e. The molecule has 1 unspecified atom stereocenters. The van der Waals surface area contributed by atoms with Gasteiger partial charge in [0.15, 0.2) is 0 Å². The quantitative estimate of drug-likeness (QED) is 0.663. The van der Waals surface area contributed by atoms with E-state index in [2.05, 4.69) is 26.5 Å². The van der Waals surface area contributed by atoms with E-state index >= 15 is 0 Å². The van der Waals surface area contributed by atoms with Crippen LogP contribution >= 0.6 is 15.9 Å². The summed E-state index contributed by atoms with van der Waals surface area (Å²) in [6.45, 7) is 5.88. The second-order valence-electron chi connectivity index (χ2n) is 5.04. The number of hydrogen-bond acceptors (Lipinski definition) is 3. The summed E-state index contributed by atoms with van der Waals surface area (Å²) in [5, 5.41) is 4.31. The van der Waals surface area contributed by atoms with Crippen molar-refractivity contribution in [3.63, 3.8) is 0 Å². The van der Waals surface area contributed by atoms with Gasteiger partial charge >= 0.3 is 0 Å². The number of halogens is 2. The van der Waals surface area contributed by atoms with Gasteiger partial charge in [0.05, 0.1) is 22.4 Å². The Kier molecular flexibility index (Phi) is 4.57. The first-order valence-electron chi connectivity index (χ1n) is 6.40. The van der Waals surface area contributed by atoms with E-state index in [4.69, 9.17) is 5.84 Å². The van der Waals surface area contributed by atoms with E-state index in [1.807, 2.05) is 31.5 Å². The van der Waals surface area contributed by atoms with Crippen molar-refractivity contribution in [1.82, 2.24) is 15.2 Å². The van der Waals surface area contributed by atoms with Crippen LogP contribution in [0.4, 0.5) is 4.39 Å². The number of nitrogens with one attached hydrogen (secondary N) is 1. The van der Waals surface area contributed by atoms with Crippen molar-refractivity contribution >= 4 is 15.9 Å². The minimum absolute atomic E-state index is 0.153. The predicted octanol–water partition coefficient (Wildman–Crippen LogP) is 3.23. The summed E-state index contributed by atoms with van der Waals surface area (Å²) in [6, 6.07) is 4.81. The average Bonchev–Trinajstić information content (AvgIpc) is 2.75. The molecule has 1 atom stereocenters. The highest BCUT2D eigenvalue weighted by atomic mass is 79.9. The third kappa shape index (κ3) is 2.77. The van der Waals surface area contributed by atoms with Gasteiger partial charge in [-0.2, -0.15) is 5.10 Å². The van der Waals surface area contributed by atoms with Gasteiger partial charge in [-0.1, -0.05) is 12.1 Å². The van der Waals surface area contributed by atoms with E-state index in [9.17, 15) is 4.39 Å². The van der Waals surface area contributed by atoms with Gasteiger partial charge in [-0.15, -0.1) is 0 Å². The standard InChI is InChI=1S/C14H18BrFN4/c1-8(2)20-14(11(15)7-18-20)13(19-17)10-5-4-9(3)6-12(10)16/h4-8,13,19H,17H2,1-3H3. The van der Waals surface area contributed by atoms with Crippen molar-refractivity contribution in [3.8, 4) is 0 Å². The Morgan fingerprint density at radius 3 is 2.65 bits per heavy atom. The second-order valence-corrected chi connectivity index (χ2v) is 5.90. The Hall–Kier alpha value is -1.24. The number of aryl methyl sites for hydroxylation is 1. The van der Waals surface area contributed by atoms with Crippen molar-refractivity contribution in [2.75, 3.05) is 0 Å². The molecule has 108 valence electrons. The molecular formula is C14H18BrFN4. The minimum Gasteiger partial charge on any atom is -0.271 e. The van der Waals surface area contributed by atoms with E-state index in [1.54, 1.807) is 12.3 Å². The molecule has 0 aliphatic heterocycles. The Labute approximate surface area is 126 Å². The lowest BCUT2D eigenvalue weighted by molar-refractivity contribution is 0.466. The minimum atomic E-state index is -0.463. The molecule has 6 heteroatoms. The molecule has 1 heterocycles. The van der Waals surface area contributed by atoms with E-state index in [1.165, 1.54) is 6.07 Å². The van der Waals surface area contributed by atoms with E-state index in [0.29, 0.717) is 5.56 Å². The first kappa shape index (κ1) is 15.2. The number of benzene rings is 1. The fraction of sp³-hybridized carbons (Fsp3) is 0.357. The first-order valence-corrected chi connectivity index (χ1v) is 7.20. The summed E-state index contributed by atoms with van der Waals surface area (Å²) in [4.78, 5) is 0. The number of nitrogens with two attached hydrogens (primary N) is 1. The van der Waals surface area contributed by atoms with Crippen LogP contribution in [0.2, 0.25) is 0 Å². The van der Waals surface area contributed by atoms with Crippen LogP contribution in [0.25, 0.3) is 0 Å². The third-order valence-corrected chi connectivity index (χ3v) is 3.79. The molecule has 0 aliphatic carbocycles. The van der Waals surface area contributed by atoms with Gasteiger partial charge in [0.25, 0.3) is 0 Å². The van der Waals surface area contributed by atoms with Crippen molar-refractivity contribution in [2.45, 2.75) is 32.9 Å². The fourth-order valence-corrected chi connectivity index (χ4v) is 2.72. The fourth-order valence-electron chi connectivity index (χ4n) is 2.21. The maximum atomic E-state index is 14.2. The molecule has 1 aromatic carbocycles. The highest BCUT2D eigenvalue weighted by Crippen LogP contribution is 2.31. The highest BCUT2D eigenvalue weighted by molar-refractivity contribution is 9.10. The molecule has 4 nitrogen and oxygen atoms in total. The van der Waals surface area contributed by atoms with Crippen LogP contribution < -0.4 is 11.3 Å². The summed E-state index contributed by atoms with van der Waals surface area (Å²) in [7, 11) is 0. The second kappa shape index (κ2) is 6.03. The zero-order valence-corrected chi connectivity index (χ0v) is 13.3. The number of rotatable bonds is 4. The molecule has 1 aromatic heterocycles. The van der Waals surface area contributed by atoms with Crippen molar-refractivity contribution in [3.05, 3.63) is 51.5 Å². The number of hydrazine groups is 1. The van der Waals surface area contributed by atoms with Crippen LogP contribution in [0.1, 0.15) is 42.8 Å². The van der Waals surface area contributed by atoms with Gasteiger partial charge in [-0.05, 0) is 48.3 Å². The number of nitrogens with zero attached hydrogens (tertiary/aromatic N) is 2. The molecule has 0 saturated carbocycles. The lowest BCUT2D eigenvalue weighted by Crippen LogP contribution is -2.32. The lowest BCUT2D eigenvalue weighted by atomic mass is 10.0. The third-order valence-electron chi connectivity index (χ3n) is 3.18. The van der Waals surface area contributed by atoms with Crippen LogP contribution in [0.5, 0.6) is 0 Å². The van der Waals surface area contributed by atoms with Crippen molar-refractivity contribution < 1.29 is 4.39 Å². The van der Waals surface area contributed by atoms with Crippen LogP contribution in [0.15, 0.2) is 28.9 Å². The Morgan fingerprint density at radius 2 is 2.10 bits per heavy atom. The Morgan fingerprint density at radius 1 is 1.40 bits per heavy atom. The normalized spacial score (nSPS) is 12.9. The van der Waals surface area contributed by atoms with Crippen LogP contribution in [-0.4, -0.2) is 9.78 Å². The molecule has 0 amide bonds. The lowest BCUT2D eigenvalue weighted by Gasteiger charge is -2.21. The van der Waals surface area contributed by atoms with Crippen molar-refractivity contribution in [1.29, 1.82) is 0 Å². The van der Waals surface area contributed by atoms with Crippen LogP contribution in [0.3, 0.4) is 0 Å². The van der Waals surface area contributed by atoms with E-state index in [0.717, 1.165) is 15.7 Å². The average molecular weight is 341 g/mol. The van der Waals surface area contributed by atoms with Gasteiger partial charge in [0.1, 0.15) is 5.82 Å². The Balaban J connectivity index is 2.55. The van der Waals surface area contributed by atoms with Crippen molar-refractivity contribution in [2.24, 2.45) is 5.84 Å². The topological polar surface area (TPSA) is 55.9 Å². The molecular weight excluding hydrogens is 323 g/mol. The predicted molar refractivity (Wildman–Crippen MR) is 80.6 cm³/mol. The smallest absolute Gasteiger partial charge is 0.128 e. The molecule has 0 bridgehead atoms.